The van der Waals surface area contributed by atoms with Crippen LogP contribution in [0.4, 0.5) is 0 Å². The second-order valence-corrected chi connectivity index (χ2v) is 4.92. The summed E-state index contributed by atoms with van der Waals surface area (Å²) in [6.45, 7) is 7.35. The third-order valence-corrected chi connectivity index (χ3v) is 4.20. The Kier molecular flexibility index (Phi) is 2.04. The molecule has 3 atom stereocenters. The van der Waals surface area contributed by atoms with E-state index >= 15 is 0 Å². The van der Waals surface area contributed by atoms with Crippen molar-refractivity contribution in [1.29, 1.82) is 0 Å². The first-order valence-corrected chi connectivity index (χ1v) is 4.62. The van der Waals surface area contributed by atoms with E-state index in [4.69, 9.17) is 0 Å². The van der Waals surface area contributed by atoms with Gasteiger partial charge in [0.25, 0.3) is 0 Å². The van der Waals surface area contributed by atoms with Gasteiger partial charge in [0, 0.05) is 0 Å². The maximum absolute atomic E-state index is 2.46. The predicted octanol–water partition coefficient (Wildman–Crippen LogP) is 3.24. The zero-order chi connectivity index (χ0) is 7.35. The zero-order valence-electron chi connectivity index (χ0n) is 8.06. The van der Waals surface area contributed by atoms with Crippen molar-refractivity contribution in [2.75, 3.05) is 0 Å². The van der Waals surface area contributed by atoms with Gasteiger partial charge in [0.05, 0.1) is 0 Å². The van der Waals surface area contributed by atoms with Crippen molar-refractivity contribution in [3.05, 3.63) is 0 Å². The number of hydrogen-bond acceptors (Lipinski definition) is 1. The highest BCUT2D eigenvalue weighted by molar-refractivity contribution is 5.01. The molecule has 0 aliphatic heterocycles. The van der Waals surface area contributed by atoms with Gasteiger partial charge in [0.15, 0.2) is 0 Å². The summed E-state index contributed by atoms with van der Waals surface area (Å²) in [5, 5.41) is 0. The van der Waals surface area contributed by atoms with E-state index in [1.165, 1.54) is 19.3 Å². The van der Waals surface area contributed by atoms with Gasteiger partial charge in [-0.2, -0.15) is 0 Å². The molecule has 2 bridgehead atoms. The summed E-state index contributed by atoms with van der Waals surface area (Å²) < 4.78 is 0. The second kappa shape index (κ2) is 2.48. The van der Waals surface area contributed by atoms with Gasteiger partial charge in [-0.3, -0.25) is 0 Å². The molecule has 3 aliphatic rings. The third-order valence-electron chi connectivity index (χ3n) is 4.20. The van der Waals surface area contributed by atoms with Crippen molar-refractivity contribution in [2.45, 2.75) is 40.0 Å². The van der Waals surface area contributed by atoms with E-state index in [0.29, 0.717) is 5.41 Å². The van der Waals surface area contributed by atoms with Crippen LogP contribution in [0.1, 0.15) is 40.0 Å². The first-order chi connectivity index (χ1) is 4.62. The van der Waals surface area contributed by atoms with Crippen molar-refractivity contribution in [3.63, 3.8) is 0 Å². The predicted molar refractivity (Wildman–Crippen MR) is 48.8 cm³/mol. The molecule has 0 aromatic heterocycles. The SMILES string of the molecule is CC1CC[C@@H]2CC1C2(C)C.N. The second-order valence-electron chi connectivity index (χ2n) is 4.92. The summed E-state index contributed by atoms with van der Waals surface area (Å²) in [6, 6.07) is 0. The Balaban J connectivity index is 0.000000605. The smallest absolute Gasteiger partial charge is 0.0295 e. The molecule has 0 spiro atoms. The largest absolute Gasteiger partial charge is 0.344 e. The van der Waals surface area contributed by atoms with E-state index in [-0.39, 0.29) is 6.15 Å². The van der Waals surface area contributed by atoms with Crippen LogP contribution in [-0.4, -0.2) is 0 Å². The fraction of sp³-hybridized carbons (Fsp3) is 1.00. The molecule has 3 rings (SSSR count). The molecule has 0 amide bonds. The van der Waals surface area contributed by atoms with E-state index in [0.717, 1.165) is 17.8 Å². The quantitative estimate of drug-likeness (QED) is 0.572. The third kappa shape index (κ3) is 1.01. The summed E-state index contributed by atoms with van der Waals surface area (Å²) in [4.78, 5) is 0. The van der Waals surface area contributed by atoms with Crippen LogP contribution in [0.5, 0.6) is 0 Å². The van der Waals surface area contributed by atoms with Gasteiger partial charge < -0.3 is 6.15 Å². The number of hydrogen-bond donors (Lipinski definition) is 1. The van der Waals surface area contributed by atoms with Crippen molar-refractivity contribution >= 4 is 0 Å². The van der Waals surface area contributed by atoms with Crippen LogP contribution in [0.15, 0.2) is 0 Å². The minimum atomic E-state index is 0. The molecular formula is C10H21N. The molecule has 0 heterocycles. The molecule has 3 saturated carbocycles. The van der Waals surface area contributed by atoms with E-state index in [9.17, 15) is 0 Å². The highest BCUT2D eigenvalue weighted by atomic mass is 14.6. The Hall–Kier alpha value is -0.0400. The van der Waals surface area contributed by atoms with Gasteiger partial charge >= 0.3 is 0 Å². The number of rotatable bonds is 0. The maximum Gasteiger partial charge on any atom is -0.0295 e. The minimum Gasteiger partial charge on any atom is -0.344 e. The molecule has 3 aliphatic carbocycles. The van der Waals surface area contributed by atoms with Crippen molar-refractivity contribution in [2.24, 2.45) is 23.2 Å². The van der Waals surface area contributed by atoms with Gasteiger partial charge in [-0.05, 0) is 36.0 Å². The maximum atomic E-state index is 2.46. The molecule has 2 unspecified atom stereocenters. The number of fused-ring (bicyclic) bond motifs is 2. The molecule has 0 aromatic carbocycles. The van der Waals surface area contributed by atoms with E-state index in [2.05, 4.69) is 20.8 Å². The Morgan fingerprint density at radius 2 is 1.82 bits per heavy atom. The molecule has 66 valence electrons. The molecule has 3 N–H and O–H groups in total. The van der Waals surface area contributed by atoms with Crippen LogP contribution in [0.25, 0.3) is 0 Å². The van der Waals surface area contributed by atoms with Crippen LogP contribution in [-0.2, 0) is 0 Å². The Morgan fingerprint density at radius 3 is 2.09 bits per heavy atom. The van der Waals surface area contributed by atoms with Crippen LogP contribution in [0, 0.1) is 23.2 Å². The highest BCUT2D eigenvalue weighted by Crippen LogP contribution is 2.61. The van der Waals surface area contributed by atoms with Gasteiger partial charge in [-0.15, -0.1) is 0 Å². The fourth-order valence-electron chi connectivity index (χ4n) is 3.18. The van der Waals surface area contributed by atoms with Crippen LogP contribution >= 0.6 is 0 Å². The Bertz CT molecular complexity index is 149. The van der Waals surface area contributed by atoms with E-state index in [1.807, 2.05) is 0 Å². The Labute approximate surface area is 70.1 Å². The average Bonchev–Trinajstić information content (AvgIpc) is 1.87. The van der Waals surface area contributed by atoms with Gasteiger partial charge in [0.2, 0.25) is 0 Å². The van der Waals surface area contributed by atoms with Crippen LogP contribution in [0.3, 0.4) is 0 Å². The van der Waals surface area contributed by atoms with E-state index < -0.39 is 0 Å². The first-order valence-electron chi connectivity index (χ1n) is 4.62. The minimum absolute atomic E-state index is 0. The first kappa shape index (κ1) is 9.05. The summed E-state index contributed by atoms with van der Waals surface area (Å²) in [5.41, 5.74) is 0.706. The lowest BCUT2D eigenvalue weighted by molar-refractivity contribution is -0.0988. The fourth-order valence-corrected chi connectivity index (χ4v) is 3.18. The van der Waals surface area contributed by atoms with E-state index in [1.54, 1.807) is 0 Å². The lowest BCUT2D eigenvalue weighted by atomic mass is 9.46. The molecule has 1 heteroatoms. The molecule has 0 saturated heterocycles. The lowest BCUT2D eigenvalue weighted by Crippen LogP contribution is -2.51. The monoisotopic (exact) mass is 155 g/mol. The summed E-state index contributed by atoms with van der Waals surface area (Å²) in [7, 11) is 0. The molecule has 11 heavy (non-hydrogen) atoms. The van der Waals surface area contributed by atoms with Crippen molar-refractivity contribution in [1.82, 2.24) is 6.15 Å². The molecule has 0 radical (unpaired) electrons. The molecule has 3 fully saturated rings. The highest BCUT2D eigenvalue weighted by Gasteiger charge is 2.52. The zero-order valence-corrected chi connectivity index (χ0v) is 8.06. The van der Waals surface area contributed by atoms with Crippen LogP contribution < -0.4 is 6.15 Å². The molecule has 0 aromatic rings. The summed E-state index contributed by atoms with van der Waals surface area (Å²) >= 11 is 0. The molecule has 1 nitrogen and oxygen atoms in total. The van der Waals surface area contributed by atoms with Gasteiger partial charge in [-0.1, -0.05) is 27.2 Å². The normalized spacial score (nSPS) is 45.5. The van der Waals surface area contributed by atoms with Crippen LogP contribution in [0.2, 0.25) is 0 Å². The van der Waals surface area contributed by atoms with Crippen molar-refractivity contribution in [3.8, 4) is 0 Å². The Morgan fingerprint density at radius 1 is 1.18 bits per heavy atom. The summed E-state index contributed by atoms with van der Waals surface area (Å²) in [6.07, 6.45) is 4.54. The summed E-state index contributed by atoms with van der Waals surface area (Å²) in [5.74, 6) is 3.15. The topological polar surface area (TPSA) is 35.0 Å². The molecular weight excluding hydrogens is 134 g/mol. The standard InChI is InChI=1S/C10H18.H3N/c1-7-4-5-8-6-9(7)10(8,2)3;/h7-9H,4-6H2,1-3H3;1H3/t7?,8-,9?;/m1./s1. The van der Waals surface area contributed by atoms with Crippen molar-refractivity contribution < 1.29 is 0 Å². The van der Waals surface area contributed by atoms with Gasteiger partial charge in [0.1, 0.15) is 0 Å². The van der Waals surface area contributed by atoms with Gasteiger partial charge in [-0.25, -0.2) is 0 Å². The lowest BCUT2D eigenvalue weighted by Gasteiger charge is -2.59. The average molecular weight is 155 g/mol.